The van der Waals surface area contributed by atoms with Gasteiger partial charge in [-0.3, -0.25) is 4.79 Å². The molecule has 0 unspecified atom stereocenters. The van der Waals surface area contributed by atoms with Crippen molar-refractivity contribution in [2.45, 2.75) is 32.1 Å². The van der Waals surface area contributed by atoms with Crippen molar-refractivity contribution in [3.8, 4) is 11.8 Å². The van der Waals surface area contributed by atoms with E-state index in [9.17, 15) is 4.79 Å². The van der Waals surface area contributed by atoms with Crippen LogP contribution >= 0.6 is 0 Å². The van der Waals surface area contributed by atoms with E-state index >= 15 is 0 Å². The normalized spacial score (nSPS) is 9.80. The number of ether oxygens (including phenoxy) is 1. The minimum Gasteiger partial charge on any atom is -0.493 e. The van der Waals surface area contributed by atoms with E-state index in [0.717, 1.165) is 18.5 Å². The molecule has 108 valence electrons. The zero-order chi connectivity index (χ0) is 14.6. The Morgan fingerprint density at radius 1 is 1.35 bits per heavy atom. The largest absolute Gasteiger partial charge is 0.493 e. The summed E-state index contributed by atoms with van der Waals surface area (Å²) in [7, 11) is 0. The number of amides is 1. The number of unbranched alkanes of at least 4 members (excludes halogenated alkanes) is 2. The Morgan fingerprint density at radius 3 is 2.95 bits per heavy atom. The van der Waals surface area contributed by atoms with Crippen molar-refractivity contribution in [3.05, 3.63) is 24.3 Å². The molecule has 0 saturated heterocycles. The van der Waals surface area contributed by atoms with Gasteiger partial charge >= 0.3 is 0 Å². The number of anilines is 1. The Balaban J connectivity index is 2.39. The first-order valence-electron chi connectivity index (χ1n) is 6.86. The fourth-order valence-electron chi connectivity index (χ4n) is 1.66. The first kappa shape index (κ1) is 16.0. The van der Waals surface area contributed by atoms with E-state index in [2.05, 4.69) is 11.4 Å². The van der Waals surface area contributed by atoms with Crippen LogP contribution < -0.4 is 15.8 Å². The summed E-state index contributed by atoms with van der Waals surface area (Å²) < 4.78 is 5.51. The molecular formula is C15H21N3O2. The van der Waals surface area contributed by atoms with Crippen molar-refractivity contribution in [1.82, 2.24) is 0 Å². The fraction of sp³-hybridized carbons (Fsp3) is 0.467. The van der Waals surface area contributed by atoms with Crippen LogP contribution in [0.1, 0.15) is 32.1 Å². The van der Waals surface area contributed by atoms with Gasteiger partial charge in [0, 0.05) is 24.6 Å². The number of carbonyl (C=O) groups excluding carboxylic acids is 1. The molecule has 1 aromatic rings. The molecule has 20 heavy (non-hydrogen) atoms. The lowest BCUT2D eigenvalue weighted by Gasteiger charge is -2.08. The average Bonchev–Trinajstić information content (AvgIpc) is 2.44. The van der Waals surface area contributed by atoms with E-state index in [1.165, 1.54) is 0 Å². The van der Waals surface area contributed by atoms with Crippen molar-refractivity contribution in [3.63, 3.8) is 0 Å². The van der Waals surface area contributed by atoms with Crippen LogP contribution in [-0.2, 0) is 4.79 Å². The number of hydrogen-bond donors (Lipinski definition) is 2. The minimum atomic E-state index is -0.0138. The second-order valence-electron chi connectivity index (χ2n) is 4.43. The third kappa shape index (κ3) is 6.76. The van der Waals surface area contributed by atoms with Gasteiger partial charge in [0.2, 0.25) is 5.91 Å². The van der Waals surface area contributed by atoms with Gasteiger partial charge in [-0.15, -0.1) is 0 Å². The number of carbonyl (C=O) groups is 1. The lowest BCUT2D eigenvalue weighted by molar-refractivity contribution is -0.116. The maximum Gasteiger partial charge on any atom is 0.224 e. The molecule has 0 radical (unpaired) electrons. The van der Waals surface area contributed by atoms with Gasteiger partial charge in [0.25, 0.3) is 0 Å². The number of nitrogens with two attached hydrogens (primary N) is 1. The summed E-state index contributed by atoms with van der Waals surface area (Å²) in [6.07, 6.45) is 3.32. The minimum absolute atomic E-state index is 0.0138. The zero-order valence-electron chi connectivity index (χ0n) is 11.6. The molecule has 1 rings (SSSR count). The number of nitrogens with one attached hydrogen (secondary N) is 1. The van der Waals surface area contributed by atoms with Crippen molar-refractivity contribution >= 4 is 11.6 Å². The van der Waals surface area contributed by atoms with Crippen LogP contribution in [0, 0.1) is 11.3 Å². The van der Waals surface area contributed by atoms with Gasteiger partial charge in [-0.2, -0.15) is 5.26 Å². The molecule has 0 aliphatic carbocycles. The average molecular weight is 275 g/mol. The monoisotopic (exact) mass is 275 g/mol. The molecule has 0 atom stereocenters. The maximum atomic E-state index is 11.7. The molecule has 0 fully saturated rings. The highest BCUT2D eigenvalue weighted by Gasteiger charge is 2.03. The van der Waals surface area contributed by atoms with E-state index in [1.54, 1.807) is 6.07 Å². The summed E-state index contributed by atoms with van der Waals surface area (Å²) >= 11 is 0. The van der Waals surface area contributed by atoms with Crippen molar-refractivity contribution in [1.29, 1.82) is 5.26 Å². The SMILES string of the molecule is N#CCCCOc1cccc(NC(=O)CCCCN)c1. The van der Waals surface area contributed by atoms with Crippen molar-refractivity contribution in [2.75, 3.05) is 18.5 Å². The molecule has 5 nitrogen and oxygen atoms in total. The van der Waals surface area contributed by atoms with E-state index in [1.807, 2.05) is 18.2 Å². The number of hydrogen-bond acceptors (Lipinski definition) is 4. The Kier molecular flexibility index (Phi) is 7.85. The first-order valence-corrected chi connectivity index (χ1v) is 6.86. The molecule has 5 heteroatoms. The summed E-state index contributed by atoms with van der Waals surface area (Å²) in [5, 5.41) is 11.3. The highest BCUT2D eigenvalue weighted by atomic mass is 16.5. The van der Waals surface area contributed by atoms with Gasteiger partial charge in [0.15, 0.2) is 0 Å². The summed E-state index contributed by atoms with van der Waals surface area (Å²) in [6.45, 7) is 1.11. The molecule has 0 aliphatic rings. The van der Waals surface area contributed by atoms with Crippen LogP contribution in [0.3, 0.4) is 0 Å². The molecule has 0 heterocycles. The van der Waals surface area contributed by atoms with E-state index < -0.39 is 0 Å². The van der Waals surface area contributed by atoms with E-state index in [4.69, 9.17) is 15.7 Å². The Labute approximate surface area is 119 Å². The quantitative estimate of drug-likeness (QED) is 0.677. The maximum absolute atomic E-state index is 11.7. The number of benzene rings is 1. The van der Waals surface area contributed by atoms with Gasteiger partial charge in [-0.1, -0.05) is 6.07 Å². The molecule has 0 aromatic heterocycles. The van der Waals surface area contributed by atoms with E-state index in [-0.39, 0.29) is 5.91 Å². The van der Waals surface area contributed by atoms with Crippen LogP contribution in [0.15, 0.2) is 24.3 Å². The van der Waals surface area contributed by atoms with Crippen LogP contribution in [0.5, 0.6) is 5.75 Å². The molecule has 0 bridgehead atoms. The Bertz CT molecular complexity index is 455. The smallest absolute Gasteiger partial charge is 0.224 e. The number of nitrogens with zero attached hydrogens (tertiary/aromatic N) is 1. The second kappa shape index (κ2) is 9.82. The van der Waals surface area contributed by atoms with Crippen LogP contribution in [-0.4, -0.2) is 19.1 Å². The lowest BCUT2D eigenvalue weighted by Crippen LogP contribution is -2.12. The molecule has 0 spiro atoms. The molecule has 3 N–H and O–H groups in total. The van der Waals surface area contributed by atoms with Gasteiger partial charge in [-0.25, -0.2) is 0 Å². The van der Waals surface area contributed by atoms with Gasteiger partial charge < -0.3 is 15.8 Å². The number of rotatable bonds is 9. The van der Waals surface area contributed by atoms with Crippen LogP contribution in [0.25, 0.3) is 0 Å². The first-order chi connectivity index (χ1) is 9.76. The van der Waals surface area contributed by atoms with Gasteiger partial charge in [-0.05, 0) is 37.9 Å². The molecule has 0 saturated carbocycles. The fourth-order valence-corrected chi connectivity index (χ4v) is 1.66. The topological polar surface area (TPSA) is 88.1 Å². The Morgan fingerprint density at radius 2 is 2.20 bits per heavy atom. The van der Waals surface area contributed by atoms with Gasteiger partial charge in [0.1, 0.15) is 5.75 Å². The summed E-state index contributed by atoms with van der Waals surface area (Å²) in [5.41, 5.74) is 6.11. The zero-order valence-corrected chi connectivity index (χ0v) is 11.6. The van der Waals surface area contributed by atoms with E-state index in [0.29, 0.717) is 38.2 Å². The Hall–Kier alpha value is -2.06. The molecule has 0 aliphatic heterocycles. The van der Waals surface area contributed by atoms with Crippen molar-refractivity contribution < 1.29 is 9.53 Å². The number of nitriles is 1. The summed E-state index contributed by atoms with van der Waals surface area (Å²) in [5.74, 6) is 0.683. The third-order valence-electron chi connectivity index (χ3n) is 2.68. The molecule has 1 amide bonds. The van der Waals surface area contributed by atoms with Crippen molar-refractivity contribution in [2.24, 2.45) is 5.73 Å². The standard InChI is InChI=1S/C15H21N3O2/c16-9-2-1-8-15(19)18-13-6-5-7-14(12-13)20-11-4-3-10-17/h5-7,12H,1-4,8-9,11,16H2,(H,18,19). The predicted octanol–water partition coefficient (Wildman–Crippen LogP) is 2.44. The third-order valence-corrected chi connectivity index (χ3v) is 2.68. The lowest BCUT2D eigenvalue weighted by atomic mass is 10.2. The predicted molar refractivity (Wildman–Crippen MR) is 78.3 cm³/mol. The summed E-state index contributed by atoms with van der Waals surface area (Å²) in [4.78, 5) is 11.7. The van der Waals surface area contributed by atoms with Crippen LogP contribution in [0.4, 0.5) is 5.69 Å². The summed E-state index contributed by atoms with van der Waals surface area (Å²) in [6, 6.07) is 9.34. The molecule has 1 aromatic carbocycles. The van der Waals surface area contributed by atoms with Crippen LogP contribution in [0.2, 0.25) is 0 Å². The highest BCUT2D eigenvalue weighted by Crippen LogP contribution is 2.18. The highest BCUT2D eigenvalue weighted by molar-refractivity contribution is 5.90. The van der Waals surface area contributed by atoms with Gasteiger partial charge in [0.05, 0.1) is 12.7 Å². The second-order valence-corrected chi connectivity index (χ2v) is 4.43. The molecular weight excluding hydrogens is 254 g/mol.